The van der Waals surface area contributed by atoms with E-state index in [2.05, 4.69) is 0 Å². The van der Waals surface area contributed by atoms with Crippen LogP contribution in [-0.2, 0) is 4.79 Å². The van der Waals surface area contributed by atoms with Gasteiger partial charge in [0.25, 0.3) is 5.91 Å². The fraction of sp³-hybridized carbons (Fsp3) is 0.350. The summed E-state index contributed by atoms with van der Waals surface area (Å²) >= 11 is 0. The van der Waals surface area contributed by atoms with Crippen LogP contribution < -0.4 is 14.2 Å². The van der Waals surface area contributed by atoms with Crippen LogP contribution in [0.2, 0.25) is 0 Å². The average Bonchev–Trinajstić information content (AvgIpc) is 2.63. The van der Waals surface area contributed by atoms with E-state index in [1.807, 2.05) is 49.4 Å². The zero-order chi connectivity index (χ0) is 18.5. The lowest BCUT2D eigenvalue weighted by molar-refractivity contribution is -0.150. The Bertz CT molecular complexity index is 757. The van der Waals surface area contributed by atoms with Gasteiger partial charge in [-0.3, -0.25) is 4.79 Å². The van der Waals surface area contributed by atoms with E-state index in [4.69, 9.17) is 14.2 Å². The molecule has 6 heteroatoms. The van der Waals surface area contributed by atoms with E-state index in [1.54, 1.807) is 18.1 Å². The van der Waals surface area contributed by atoms with Gasteiger partial charge < -0.3 is 24.2 Å². The Morgan fingerprint density at radius 1 is 1.19 bits per heavy atom. The van der Waals surface area contributed by atoms with E-state index in [1.165, 1.54) is 0 Å². The molecule has 2 aromatic rings. The molecule has 0 aromatic heterocycles. The van der Waals surface area contributed by atoms with Crippen LogP contribution in [0.5, 0.6) is 17.2 Å². The summed E-state index contributed by atoms with van der Waals surface area (Å²) in [5.74, 6) is 1.75. The third-order valence-corrected chi connectivity index (χ3v) is 4.28. The van der Waals surface area contributed by atoms with Gasteiger partial charge in [-0.05, 0) is 30.7 Å². The highest BCUT2D eigenvalue weighted by molar-refractivity contribution is 5.81. The van der Waals surface area contributed by atoms with E-state index in [0.717, 1.165) is 11.3 Å². The minimum absolute atomic E-state index is 0.0679. The Morgan fingerprint density at radius 3 is 2.65 bits per heavy atom. The van der Waals surface area contributed by atoms with Crippen LogP contribution in [0.4, 0.5) is 0 Å². The molecule has 138 valence electrons. The van der Waals surface area contributed by atoms with Crippen LogP contribution in [0.15, 0.2) is 48.5 Å². The molecule has 1 fully saturated rings. The number of carbonyl (C=O) groups is 1. The van der Waals surface area contributed by atoms with Gasteiger partial charge in [0.05, 0.1) is 20.2 Å². The number of methoxy groups -OCH3 is 1. The predicted molar refractivity (Wildman–Crippen MR) is 96.7 cm³/mol. The molecule has 0 aliphatic carbocycles. The highest BCUT2D eigenvalue weighted by Gasteiger charge is 2.35. The maximum Gasteiger partial charge on any atom is 0.255 e. The zero-order valence-electron chi connectivity index (χ0n) is 14.9. The molecule has 0 spiro atoms. The highest BCUT2D eigenvalue weighted by Crippen LogP contribution is 2.23. The summed E-state index contributed by atoms with van der Waals surface area (Å²) in [7, 11) is 1.60. The Kier molecular flexibility index (Phi) is 5.63. The molecular weight excluding hydrogens is 334 g/mol. The Hall–Kier alpha value is -2.73. The SMILES string of the molecule is COc1cccc(OC2CN(C(=O)C(O)COc3ccccc3C)C2)c1. The third kappa shape index (κ3) is 4.26. The number of benzene rings is 2. The van der Waals surface area contributed by atoms with Gasteiger partial charge in [-0.2, -0.15) is 0 Å². The van der Waals surface area contributed by atoms with Crippen molar-refractivity contribution in [3.63, 3.8) is 0 Å². The Labute approximate surface area is 152 Å². The largest absolute Gasteiger partial charge is 0.497 e. The second kappa shape index (κ2) is 8.10. The number of likely N-dealkylation sites (tertiary alicyclic amines) is 1. The van der Waals surface area contributed by atoms with Gasteiger partial charge >= 0.3 is 0 Å². The van der Waals surface area contributed by atoms with Gasteiger partial charge in [-0.1, -0.05) is 24.3 Å². The number of hydrogen-bond acceptors (Lipinski definition) is 5. The van der Waals surface area contributed by atoms with Gasteiger partial charge in [0.2, 0.25) is 0 Å². The molecule has 1 atom stereocenters. The molecular formula is C20H23NO5. The topological polar surface area (TPSA) is 68.2 Å². The minimum Gasteiger partial charge on any atom is -0.497 e. The lowest BCUT2D eigenvalue weighted by atomic mass is 10.1. The molecule has 1 amide bonds. The number of hydrogen-bond donors (Lipinski definition) is 1. The summed E-state index contributed by atoms with van der Waals surface area (Å²) in [4.78, 5) is 13.8. The van der Waals surface area contributed by atoms with E-state index in [9.17, 15) is 9.90 Å². The predicted octanol–water partition coefficient (Wildman–Crippen LogP) is 2.03. The van der Waals surface area contributed by atoms with E-state index in [-0.39, 0.29) is 18.6 Å². The summed E-state index contributed by atoms with van der Waals surface area (Å²) < 4.78 is 16.5. The maximum absolute atomic E-state index is 12.3. The van der Waals surface area contributed by atoms with Crippen molar-refractivity contribution in [3.05, 3.63) is 54.1 Å². The van der Waals surface area contributed by atoms with Gasteiger partial charge in [-0.15, -0.1) is 0 Å². The molecule has 1 unspecified atom stereocenters. The molecule has 1 N–H and O–H groups in total. The van der Waals surface area contributed by atoms with Crippen molar-refractivity contribution >= 4 is 5.91 Å². The minimum atomic E-state index is -1.19. The molecule has 3 rings (SSSR count). The number of amides is 1. The fourth-order valence-electron chi connectivity index (χ4n) is 2.73. The fourth-order valence-corrected chi connectivity index (χ4v) is 2.73. The number of nitrogens with zero attached hydrogens (tertiary/aromatic N) is 1. The van der Waals surface area contributed by atoms with Crippen molar-refractivity contribution < 1.29 is 24.1 Å². The molecule has 2 aromatic carbocycles. The molecule has 1 saturated heterocycles. The number of ether oxygens (including phenoxy) is 3. The lowest BCUT2D eigenvalue weighted by Gasteiger charge is -2.39. The molecule has 0 radical (unpaired) electrons. The first kappa shape index (κ1) is 18.1. The molecule has 6 nitrogen and oxygen atoms in total. The first-order chi connectivity index (χ1) is 12.6. The average molecular weight is 357 g/mol. The first-order valence-electron chi connectivity index (χ1n) is 8.53. The summed E-state index contributed by atoms with van der Waals surface area (Å²) in [6.07, 6.45) is -1.28. The van der Waals surface area contributed by atoms with Crippen molar-refractivity contribution in [1.29, 1.82) is 0 Å². The standard InChI is InChI=1S/C20H23NO5/c1-14-6-3-4-9-19(14)25-13-18(22)20(23)21-11-17(12-21)26-16-8-5-7-15(10-16)24-2/h3-10,17-18,22H,11-13H2,1-2H3. The summed E-state index contributed by atoms with van der Waals surface area (Å²) in [6.45, 7) is 2.73. The van der Waals surface area contributed by atoms with E-state index >= 15 is 0 Å². The molecule has 1 heterocycles. The van der Waals surface area contributed by atoms with Crippen LogP contribution in [0.1, 0.15) is 5.56 Å². The number of carbonyl (C=O) groups excluding carboxylic acids is 1. The smallest absolute Gasteiger partial charge is 0.255 e. The summed E-state index contributed by atoms with van der Waals surface area (Å²) in [5, 5.41) is 10.1. The van der Waals surface area contributed by atoms with Gasteiger partial charge in [0.15, 0.2) is 6.10 Å². The van der Waals surface area contributed by atoms with Crippen molar-refractivity contribution in [2.24, 2.45) is 0 Å². The molecule has 0 bridgehead atoms. The zero-order valence-corrected chi connectivity index (χ0v) is 14.9. The number of aliphatic hydroxyl groups is 1. The molecule has 26 heavy (non-hydrogen) atoms. The Morgan fingerprint density at radius 2 is 1.92 bits per heavy atom. The molecule has 1 aliphatic heterocycles. The first-order valence-corrected chi connectivity index (χ1v) is 8.53. The van der Waals surface area contributed by atoms with Crippen molar-refractivity contribution in [2.75, 3.05) is 26.8 Å². The molecule has 1 aliphatic rings. The number of para-hydroxylation sites is 1. The second-order valence-corrected chi connectivity index (χ2v) is 6.25. The van der Waals surface area contributed by atoms with Gasteiger partial charge in [-0.25, -0.2) is 0 Å². The van der Waals surface area contributed by atoms with E-state index in [0.29, 0.717) is 24.6 Å². The quantitative estimate of drug-likeness (QED) is 0.821. The summed E-state index contributed by atoms with van der Waals surface area (Å²) in [6, 6.07) is 14.8. The third-order valence-electron chi connectivity index (χ3n) is 4.28. The number of rotatable bonds is 7. The Balaban J connectivity index is 1.44. The maximum atomic E-state index is 12.3. The van der Waals surface area contributed by atoms with Crippen molar-refractivity contribution in [3.8, 4) is 17.2 Å². The number of aryl methyl sites for hydroxylation is 1. The van der Waals surface area contributed by atoms with Crippen LogP contribution in [-0.4, -0.2) is 54.9 Å². The van der Waals surface area contributed by atoms with Gasteiger partial charge in [0, 0.05) is 6.07 Å². The number of aliphatic hydroxyl groups excluding tert-OH is 1. The monoisotopic (exact) mass is 357 g/mol. The molecule has 0 saturated carbocycles. The lowest BCUT2D eigenvalue weighted by Crippen LogP contribution is -2.59. The van der Waals surface area contributed by atoms with Crippen LogP contribution >= 0.6 is 0 Å². The van der Waals surface area contributed by atoms with Gasteiger partial charge in [0.1, 0.15) is 30.0 Å². The van der Waals surface area contributed by atoms with Crippen molar-refractivity contribution in [1.82, 2.24) is 4.90 Å². The van der Waals surface area contributed by atoms with Crippen LogP contribution in [0.25, 0.3) is 0 Å². The second-order valence-electron chi connectivity index (χ2n) is 6.25. The summed E-state index contributed by atoms with van der Waals surface area (Å²) in [5.41, 5.74) is 0.961. The highest BCUT2D eigenvalue weighted by atomic mass is 16.5. The normalized spacial score (nSPS) is 15.1. The van der Waals surface area contributed by atoms with Crippen LogP contribution in [0.3, 0.4) is 0 Å². The van der Waals surface area contributed by atoms with Crippen molar-refractivity contribution in [2.45, 2.75) is 19.1 Å². The van der Waals surface area contributed by atoms with E-state index < -0.39 is 6.10 Å². The van der Waals surface area contributed by atoms with Crippen LogP contribution in [0, 0.1) is 6.92 Å².